The van der Waals surface area contributed by atoms with Crippen molar-refractivity contribution in [2.24, 2.45) is 0 Å². The van der Waals surface area contributed by atoms with Crippen LogP contribution in [0.25, 0.3) is 22.2 Å². The van der Waals surface area contributed by atoms with Gasteiger partial charge < -0.3 is 9.88 Å². The number of H-pyrrole nitrogens is 1. The molecule has 122 valence electrons. The maximum atomic E-state index is 11.9. The van der Waals surface area contributed by atoms with Gasteiger partial charge in [0.15, 0.2) is 0 Å². The quantitative estimate of drug-likeness (QED) is 0.408. The maximum absolute atomic E-state index is 11.9. The molecule has 4 nitrogen and oxygen atoms in total. The van der Waals surface area contributed by atoms with Crippen molar-refractivity contribution >= 4 is 61.1 Å². The molecular formula is C18H15BrIN3O. The lowest BCUT2D eigenvalue weighted by molar-refractivity contribution is -0.113. The van der Waals surface area contributed by atoms with E-state index in [2.05, 4.69) is 62.0 Å². The normalized spacial score (nSPS) is 10.8. The minimum atomic E-state index is -0.138. The van der Waals surface area contributed by atoms with E-state index in [0.717, 1.165) is 41.6 Å². The molecule has 6 heteroatoms. The molecule has 1 N–H and O–H groups in total. The lowest BCUT2D eigenvalue weighted by Crippen LogP contribution is -2.23. The molecule has 0 aliphatic heterocycles. The standard InChI is InChI=1S/C18H15BrIN3O/c1-4-14(24)23(3)12-7-5-6-11(8-12)16-15-10(2)13(19)9-21-18(15)22-17(16)20/h4-9H,1H2,2-3H3,(H,21,22). The Labute approximate surface area is 162 Å². The van der Waals surface area contributed by atoms with E-state index in [-0.39, 0.29) is 5.91 Å². The van der Waals surface area contributed by atoms with E-state index in [0.29, 0.717) is 0 Å². The average Bonchev–Trinajstić information content (AvgIpc) is 2.93. The molecule has 0 spiro atoms. The summed E-state index contributed by atoms with van der Waals surface area (Å²) in [7, 11) is 1.74. The first kappa shape index (κ1) is 17.2. The summed E-state index contributed by atoms with van der Waals surface area (Å²) in [6.07, 6.45) is 3.12. The number of aromatic amines is 1. The molecule has 0 fully saturated rings. The number of halogens is 2. The summed E-state index contributed by atoms with van der Waals surface area (Å²) in [5.41, 5.74) is 4.95. The summed E-state index contributed by atoms with van der Waals surface area (Å²) < 4.78 is 1.99. The Hall–Kier alpha value is -1.67. The summed E-state index contributed by atoms with van der Waals surface area (Å²) in [4.78, 5) is 21.3. The fourth-order valence-electron chi connectivity index (χ4n) is 2.66. The van der Waals surface area contributed by atoms with E-state index in [1.165, 1.54) is 6.08 Å². The van der Waals surface area contributed by atoms with Gasteiger partial charge in [-0.25, -0.2) is 4.98 Å². The first-order valence-corrected chi connectivity index (χ1v) is 9.14. The maximum Gasteiger partial charge on any atom is 0.250 e. The van der Waals surface area contributed by atoms with Crippen molar-refractivity contribution < 1.29 is 4.79 Å². The van der Waals surface area contributed by atoms with Gasteiger partial charge in [0, 0.05) is 34.4 Å². The number of aryl methyl sites for hydroxylation is 1. The number of hydrogen-bond donors (Lipinski definition) is 1. The summed E-state index contributed by atoms with van der Waals surface area (Å²) in [5, 5.41) is 1.09. The third-order valence-electron chi connectivity index (χ3n) is 4.00. The highest BCUT2D eigenvalue weighted by atomic mass is 127. The third kappa shape index (κ3) is 2.88. The van der Waals surface area contributed by atoms with Crippen LogP contribution in [-0.4, -0.2) is 22.9 Å². The molecule has 3 rings (SSSR count). The zero-order valence-electron chi connectivity index (χ0n) is 13.2. The van der Waals surface area contributed by atoms with E-state index in [1.807, 2.05) is 24.3 Å². The van der Waals surface area contributed by atoms with Crippen molar-refractivity contribution in [3.05, 3.63) is 56.9 Å². The van der Waals surface area contributed by atoms with E-state index >= 15 is 0 Å². The number of likely N-dealkylation sites (N-methyl/N-ethyl adjacent to an activating group) is 1. The molecule has 1 amide bonds. The van der Waals surface area contributed by atoms with Crippen LogP contribution < -0.4 is 4.90 Å². The van der Waals surface area contributed by atoms with Gasteiger partial charge in [0.25, 0.3) is 0 Å². The van der Waals surface area contributed by atoms with Crippen molar-refractivity contribution in [2.75, 3.05) is 11.9 Å². The zero-order valence-corrected chi connectivity index (χ0v) is 17.0. The highest BCUT2D eigenvalue weighted by Gasteiger charge is 2.17. The van der Waals surface area contributed by atoms with Crippen LogP contribution in [0, 0.1) is 10.6 Å². The number of amides is 1. The second-order valence-corrected chi connectivity index (χ2v) is 7.35. The first-order valence-electron chi connectivity index (χ1n) is 7.27. The number of fused-ring (bicyclic) bond motifs is 1. The van der Waals surface area contributed by atoms with Gasteiger partial charge >= 0.3 is 0 Å². The Morgan fingerprint density at radius 1 is 1.46 bits per heavy atom. The molecule has 3 aromatic rings. The number of hydrogen-bond acceptors (Lipinski definition) is 2. The molecule has 0 atom stereocenters. The van der Waals surface area contributed by atoms with Gasteiger partial charge in [0.1, 0.15) is 5.65 Å². The highest BCUT2D eigenvalue weighted by molar-refractivity contribution is 14.1. The number of benzene rings is 1. The van der Waals surface area contributed by atoms with Gasteiger partial charge in [-0.2, -0.15) is 0 Å². The Balaban J connectivity index is 2.22. The van der Waals surface area contributed by atoms with Gasteiger partial charge in [-0.1, -0.05) is 18.7 Å². The SMILES string of the molecule is C=CC(=O)N(C)c1cccc(-c2c(I)[nH]c3ncc(Br)c(C)c23)c1. The molecule has 0 radical (unpaired) electrons. The van der Waals surface area contributed by atoms with Crippen LogP contribution in [0.15, 0.2) is 47.6 Å². The largest absolute Gasteiger partial charge is 0.334 e. The number of carbonyl (C=O) groups is 1. The molecule has 0 bridgehead atoms. The van der Waals surface area contributed by atoms with Crippen LogP contribution in [-0.2, 0) is 4.79 Å². The van der Waals surface area contributed by atoms with Crippen molar-refractivity contribution in [3.8, 4) is 11.1 Å². The number of rotatable bonds is 3. The fraction of sp³-hybridized carbons (Fsp3) is 0.111. The number of pyridine rings is 1. The molecule has 0 aliphatic rings. The van der Waals surface area contributed by atoms with E-state index in [9.17, 15) is 4.79 Å². The van der Waals surface area contributed by atoms with Crippen molar-refractivity contribution in [1.29, 1.82) is 0 Å². The molecular weight excluding hydrogens is 481 g/mol. The van der Waals surface area contributed by atoms with E-state index in [4.69, 9.17) is 0 Å². The van der Waals surface area contributed by atoms with Crippen LogP contribution in [0.5, 0.6) is 0 Å². The second kappa shape index (κ2) is 6.68. The van der Waals surface area contributed by atoms with Gasteiger partial charge in [-0.3, -0.25) is 4.79 Å². The molecule has 0 saturated carbocycles. The van der Waals surface area contributed by atoms with Crippen molar-refractivity contribution in [1.82, 2.24) is 9.97 Å². The molecule has 1 aromatic carbocycles. The molecule has 24 heavy (non-hydrogen) atoms. The summed E-state index contributed by atoms with van der Waals surface area (Å²) in [6.45, 7) is 5.61. The molecule has 0 unspecified atom stereocenters. The highest BCUT2D eigenvalue weighted by Crippen LogP contribution is 2.37. The Bertz CT molecular complexity index is 964. The van der Waals surface area contributed by atoms with Gasteiger partial charge in [-0.15, -0.1) is 0 Å². The predicted octanol–water partition coefficient (Wildman–Crippen LogP) is 5.05. The number of anilines is 1. The van der Waals surface area contributed by atoms with Crippen LogP contribution >= 0.6 is 38.5 Å². The lowest BCUT2D eigenvalue weighted by Gasteiger charge is -2.16. The number of nitrogens with one attached hydrogen (secondary N) is 1. The summed E-state index contributed by atoms with van der Waals surface area (Å²) >= 11 is 5.84. The van der Waals surface area contributed by atoms with Crippen LogP contribution in [0.4, 0.5) is 5.69 Å². The summed E-state index contributed by atoms with van der Waals surface area (Å²) in [5.74, 6) is -0.138. The topological polar surface area (TPSA) is 49.0 Å². The average molecular weight is 496 g/mol. The fourth-order valence-corrected chi connectivity index (χ4v) is 3.80. The molecule has 0 aliphatic carbocycles. The molecule has 2 aromatic heterocycles. The lowest BCUT2D eigenvalue weighted by atomic mass is 10.0. The zero-order chi connectivity index (χ0) is 17.4. The van der Waals surface area contributed by atoms with Crippen LogP contribution in [0.2, 0.25) is 0 Å². The summed E-state index contributed by atoms with van der Waals surface area (Å²) in [6, 6.07) is 7.91. The smallest absolute Gasteiger partial charge is 0.250 e. The minimum absolute atomic E-state index is 0.138. The van der Waals surface area contributed by atoms with Gasteiger partial charge in [-0.05, 0) is 74.8 Å². The van der Waals surface area contributed by atoms with Crippen LogP contribution in [0.1, 0.15) is 5.56 Å². The Kier molecular flexibility index (Phi) is 4.78. The number of nitrogens with zero attached hydrogens (tertiary/aromatic N) is 2. The predicted molar refractivity (Wildman–Crippen MR) is 110 cm³/mol. The Morgan fingerprint density at radius 2 is 2.21 bits per heavy atom. The van der Waals surface area contributed by atoms with Crippen molar-refractivity contribution in [3.63, 3.8) is 0 Å². The van der Waals surface area contributed by atoms with E-state index in [1.54, 1.807) is 18.1 Å². The Morgan fingerprint density at radius 3 is 2.92 bits per heavy atom. The first-order chi connectivity index (χ1) is 11.4. The van der Waals surface area contributed by atoms with Crippen molar-refractivity contribution in [2.45, 2.75) is 6.92 Å². The third-order valence-corrected chi connectivity index (χ3v) is 5.61. The van der Waals surface area contributed by atoms with Crippen LogP contribution in [0.3, 0.4) is 0 Å². The van der Waals surface area contributed by atoms with E-state index < -0.39 is 0 Å². The molecule has 0 saturated heterocycles. The number of aromatic nitrogens is 2. The molecule has 2 heterocycles. The number of carbonyl (C=O) groups excluding carboxylic acids is 1. The monoisotopic (exact) mass is 495 g/mol. The van der Waals surface area contributed by atoms with Gasteiger partial charge in [0.2, 0.25) is 5.91 Å². The minimum Gasteiger partial charge on any atom is -0.334 e. The van der Waals surface area contributed by atoms with Gasteiger partial charge in [0.05, 0.1) is 3.70 Å². The second-order valence-electron chi connectivity index (χ2n) is 5.42.